The van der Waals surface area contributed by atoms with Gasteiger partial charge in [0.2, 0.25) is 5.91 Å². The highest BCUT2D eigenvalue weighted by Gasteiger charge is 2.41. The molecular formula is C23H26ClN3O3S. The van der Waals surface area contributed by atoms with Crippen molar-refractivity contribution in [3.63, 3.8) is 0 Å². The maximum absolute atomic E-state index is 13.0. The van der Waals surface area contributed by atoms with Gasteiger partial charge in [-0.15, -0.1) is 0 Å². The van der Waals surface area contributed by atoms with Crippen molar-refractivity contribution in [2.45, 2.75) is 33.2 Å². The molecule has 8 heteroatoms. The second-order valence-electron chi connectivity index (χ2n) is 7.68. The number of nitrogens with one attached hydrogen (secondary N) is 1. The van der Waals surface area contributed by atoms with Crippen LogP contribution in [-0.4, -0.2) is 35.1 Å². The molecule has 2 heterocycles. The lowest BCUT2D eigenvalue weighted by Crippen LogP contribution is -2.38. The van der Waals surface area contributed by atoms with E-state index in [0.29, 0.717) is 33.9 Å². The summed E-state index contributed by atoms with van der Waals surface area (Å²) in [7, 11) is 0. The first-order valence-electron chi connectivity index (χ1n) is 10.1. The Balaban J connectivity index is 1.99. The van der Waals surface area contributed by atoms with Crippen LogP contribution in [0.25, 0.3) is 0 Å². The van der Waals surface area contributed by atoms with E-state index < -0.39 is 12.0 Å². The van der Waals surface area contributed by atoms with E-state index in [9.17, 15) is 9.59 Å². The van der Waals surface area contributed by atoms with E-state index in [1.165, 1.54) is 17.8 Å². The minimum Gasteiger partial charge on any atom is -0.458 e. The Labute approximate surface area is 192 Å². The fourth-order valence-corrected chi connectivity index (χ4v) is 4.58. The summed E-state index contributed by atoms with van der Waals surface area (Å²) in [6, 6.07) is 6.83. The maximum Gasteiger partial charge on any atom is 0.338 e. The van der Waals surface area contributed by atoms with E-state index in [0.717, 1.165) is 11.3 Å². The lowest BCUT2D eigenvalue weighted by atomic mass is 9.93. The largest absolute Gasteiger partial charge is 0.458 e. The summed E-state index contributed by atoms with van der Waals surface area (Å²) in [5, 5.41) is 6.08. The smallest absolute Gasteiger partial charge is 0.338 e. The number of ether oxygens (including phenoxy) is 1. The predicted octanol–water partition coefficient (Wildman–Crippen LogP) is 4.81. The van der Waals surface area contributed by atoms with Crippen molar-refractivity contribution < 1.29 is 14.3 Å². The van der Waals surface area contributed by atoms with E-state index >= 15 is 0 Å². The zero-order valence-electron chi connectivity index (χ0n) is 17.9. The van der Waals surface area contributed by atoms with Gasteiger partial charge in [-0.3, -0.25) is 4.79 Å². The minimum absolute atomic E-state index is 0.0817. The molecule has 3 rings (SSSR count). The average molecular weight is 460 g/mol. The zero-order valence-corrected chi connectivity index (χ0v) is 19.4. The first-order valence-corrected chi connectivity index (χ1v) is 11.3. The SMILES string of the molecule is C=CCOC(=O)C1=C(C)N=C2SC=C(CC(=O)NCC(C)C)N2C1c1ccccc1Cl. The predicted molar refractivity (Wildman–Crippen MR) is 125 cm³/mol. The van der Waals surface area contributed by atoms with E-state index in [1.807, 2.05) is 42.4 Å². The van der Waals surface area contributed by atoms with Gasteiger partial charge in [-0.2, -0.15) is 0 Å². The molecule has 1 unspecified atom stereocenters. The van der Waals surface area contributed by atoms with Crippen molar-refractivity contribution in [1.29, 1.82) is 0 Å². The number of thioether (sulfide) groups is 1. The van der Waals surface area contributed by atoms with E-state index in [2.05, 4.69) is 16.9 Å². The third-order valence-corrected chi connectivity index (χ3v) is 6.03. The molecule has 0 saturated carbocycles. The number of aliphatic imine (C=N–C) groups is 1. The number of benzene rings is 1. The van der Waals surface area contributed by atoms with Crippen LogP contribution in [0.2, 0.25) is 5.02 Å². The summed E-state index contributed by atoms with van der Waals surface area (Å²) in [4.78, 5) is 32.1. The third kappa shape index (κ3) is 5.22. The fraction of sp³-hybridized carbons (Fsp3) is 0.348. The van der Waals surface area contributed by atoms with Gasteiger partial charge in [-0.25, -0.2) is 9.79 Å². The average Bonchev–Trinajstić information content (AvgIpc) is 3.12. The number of hydrogen-bond donors (Lipinski definition) is 1. The number of nitrogens with zero attached hydrogens (tertiary/aromatic N) is 2. The van der Waals surface area contributed by atoms with Gasteiger partial charge < -0.3 is 15.0 Å². The number of rotatable bonds is 8. The number of carbonyl (C=O) groups is 2. The van der Waals surface area contributed by atoms with Crippen LogP contribution < -0.4 is 5.32 Å². The monoisotopic (exact) mass is 459 g/mol. The molecule has 0 radical (unpaired) electrons. The summed E-state index contributed by atoms with van der Waals surface area (Å²) >= 11 is 7.97. The molecule has 0 fully saturated rings. The summed E-state index contributed by atoms with van der Waals surface area (Å²) in [5.41, 5.74) is 2.47. The highest BCUT2D eigenvalue weighted by Crippen LogP contribution is 2.46. The van der Waals surface area contributed by atoms with Gasteiger partial charge in [0.15, 0.2) is 5.17 Å². The minimum atomic E-state index is -0.544. The van der Waals surface area contributed by atoms with Gasteiger partial charge in [-0.1, -0.05) is 68.1 Å². The van der Waals surface area contributed by atoms with Crippen molar-refractivity contribution in [3.05, 3.63) is 69.9 Å². The van der Waals surface area contributed by atoms with Crippen LogP contribution in [0.5, 0.6) is 0 Å². The van der Waals surface area contributed by atoms with Crippen LogP contribution in [0.4, 0.5) is 0 Å². The first kappa shape index (κ1) is 23.2. The number of carbonyl (C=O) groups excluding carboxylic acids is 2. The van der Waals surface area contributed by atoms with E-state index in [-0.39, 0.29) is 18.9 Å². The molecular weight excluding hydrogens is 434 g/mol. The van der Waals surface area contributed by atoms with E-state index in [1.54, 1.807) is 13.0 Å². The third-order valence-electron chi connectivity index (χ3n) is 4.80. The quantitative estimate of drug-likeness (QED) is 0.446. The van der Waals surface area contributed by atoms with Crippen molar-refractivity contribution in [2.24, 2.45) is 10.9 Å². The number of halogens is 1. The topological polar surface area (TPSA) is 71.0 Å². The Bertz CT molecular complexity index is 984. The number of fused-ring (bicyclic) bond motifs is 1. The van der Waals surface area contributed by atoms with E-state index in [4.69, 9.17) is 16.3 Å². The second-order valence-corrected chi connectivity index (χ2v) is 8.92. The normalized spacial score (nSPS) is 17.8. The molecule has 2 aliphatic rings. The maximum atomic E-state index is 13.0. The zero-order chi connectivity index (χ0) is 22.5. The molecule has 1 aromatic rings. The van der Waals surface area contributed by atoms with Gasteiger partial charge in [0.1, 0.15) is 6.61 Å². The van der Waals surface area contributed by atoms with Gasteiger partial charge in [0.25, 0.3) is 0 Å². The Kier molecular flexibility index (Phi) is 7.62. The van der Waals surface area contributed by atoms with Gasteiger partial charge >= 0.3 is 5.97 Å². The lowest BCUT2D eigenvalue weighted by Gasteiger charge is -2.36. The molecule has 1 N–H and O–H groups in total. The summed E-state index contributed by atoms with van der Waals surface area (Å²) < 4.78 is 5.36. The lowest BCUT2D eigenvalue weighted by molar-refractivity contribution is -0.138. The second kappa shape index (κ2) is 10.2. The molecule has 1 aromatic carbocycles. The van der Waals surface area contributed by atoms with Crippen LogP contribution in [0, 0.1) is 5.92 Å². The molecule has 31 heavy (non-hydrogen) atoms. The Hall–Kier alpha value is -2.51. The van der Waals surface area contributed by atoms with Crippen molar-refractivity contribution in [3.8, 4) is 0 Å². The van der Waals surface area contributed by atoms with Crippen LogP contribution in [-0.2, 0) is 14.3 Å². The van der Waals surface area contributed by atoms with Crippen molar-refractivity contribution in [1.82, 2.24) is 10.2 Å². The molecule has 0 aliphatic carbocycles. The van der Waals surface area contributed by atoms with Crippen LogP contribution in [0.15, 0.2) is 64.3 Å². The summed E-state index contributed by atoms with van der Waals surface area (Å²) in [5.74, 6) is -0.205. The molecule has 0 saturated heterocycles. The molecule has 1 atom stereocenters. The Morgan fingerprint density at radius 3 is 2.81 bits per heavy atom. The number of esters is 1. The number of hydrogen-bond acceptors (Lipinski definition) is 6. The van der Waals surface area contributed by atoms with Crippen LogP contribution >= 0.6 is 23.4 Å². The Morgan fingerprint density at radius 2 is 2.13 bits per heavy atom. The van der Waals surface area contributed by atoms with Crippen molar-refractivity contribution in [2.75, 3.05) is 13.2 Å². The molecule has 6 nitrogen and oxygen atoms in total. The molecule has 2 aliphatic heterocycles. The van der Waals surface area contributed by atoms with Gasteiger partial charge in [0.05, 0.1) is 23.7 Å². The number of amides is 1. The molecule has 164 valence electrons. The number of amidine groups is 1. The molecule has 1 amide bonds. The molecule has 0 spiro atoms. The van der Waals surface area contributed by atoms with Gasteiger partial charge in [-0.05, 0) is 29.9 Å². The summed E-state index contributed by atoms with van der Waals surface area (Å²) in [6.07, 6.45) is 1.69. The van der Waals surface area contributed by atoms with Crippen LogP contribution in [0.1, 0.15) is 38.8 Å². The van der Waals surface area contributed by atoms with Crippen LogP contribution in [0.3, 0.4) is 0 Å². The fourth-order valence-electron chi connectivity index (χ4n) is 3.38. The standard InChI is InChI=1S/C23H26ClN3O3S/c1-5-10-30-22(29)20-15(4)26-23-27(21(20)17-8-6-7-9-18(17)24)16(13-31-23)11-19(28)25-12-14(2)3/h5-9,13-14,21H,1,10-12H2,2-4H3,(H,25,28). The highest BCUT2D eigenvalue weighted by molar-refractivity contribution is 8.16. The molecule has 0 aromatic heterocycles. The molecule has 0 bridgehead atoms. The number of allylic oxidation sites excluding steroid dienone is 1. The summed E-state index contributed by atoms with van der Waals surface area (Å²) in [6.45, 7) is 10.2. The highest BCUT2D eigenvalue weighted by atomic mass is 35.5. The first-order chi connectivity index (χ1) is 14.8. The van der Waals surface area contributed by atoms with Gasteiger partial charge in [0, 0.05) is 17.3 Å². The van der Waals surface area contributed by atoms with Crippen molar-refractivity contribution >= 4 is 40.4 Å². The Morgan fingerprint density at radius 1 is 1.39 bits per heavy atom.